The average Bonchev–Trinajstić information content (AvgIpc) is 2.61. The van der Waals surface area contributed by atoms with Crippen LogP contribution in [0.25, 0.3) is 10.8 Å². The predicted octanol–water partition coefficient (Wildman–Crippen LogP) is 3.86. The van der Waals surface area contributed by atoms with Crippen LogP contribution in [0.2, 0.25) is 0 Å². The van der Waals surface area contributed by atoms with Gasteiger partial charge in [0.15, 0.2) is 0 Å². The molecule has 0 aliphatic rings. The zero-order chi connectivity index (χ0) is 16.9. The van der Waals surface area contributed by atoms with Gasteiger partial charge in [-0.25, -0.2) is 0 Å². The van der Waals surface area contributed by atoms with Crippen molar-refractivity contribution < 1.29 is 9.53 Å². The lowest BCUT2D eigenvalue weighted by Crippen LogP contribution is -2.25. The zero-order valence-electron chi connectivity index (χ0n) is 13.3. The highest BCUT2D eigenvalue weighted by atomic mass is 79.9. The molecular weight excluding hydrogens is 368 g/mol. The van der Waals surface area contributed by atoms with Crippen molar-refractivity contribution in [3.05, 3.63) is 70.5 Å². The molecule has 0 aliphatic heterocycles. The van der Waals surface area contributed by atoms with Crippen molar-refractivity contribution in [1.82, 2.24) is 10.3 Å². The number of rotatable bonds is 5. The summed E-state index contributed by atoms with van der Waals surface area (Å²) in [7, 11) is 1.62. The molecule has 1 heterocycles. The molecule has 0 atom stereocenters. The number of hydrogen-bond acceptors (Lipinski definition) is 3. The number of halogens is 1. The number of nitrogens with one attached hydrogen (secondary N) is 1. The Labute approximate surface area is 149 Å². The Morgan fingerprint density at radius 2 is 2.08 bits per heavy atom. The third-order valence-corrected chi connectivity index (χ3v) is 4.29. The van der Waals surface area contributed by atoms with Gasteiger partial charge >= 0.3 is 0 Å². The van der Waals surface area contributed by atoms with E-state index >= 15 is 0 Å². The van der Waals surface area contributed by atoms with Gasteiger partial charge in [-0.3, -0.25) is 9.78 Å². The van der Waals surface area contributed by atoms with Crippen molar-refractivity contribution in [2.24, 2.45) is 0 Å². The Bertz CT molecular complexity index is 866. The number of benzene rings is 2. The second-order valence-corrected chi connectivity index (χ2v) is 6.30. The second kappa shape index (κ2) is 7.45. The Hall–Kier alpha value is -2.40. The fourth-order valence-corrected chi connectivity index (χ4v) is 3.01. The summed E-state index contributed by atoms with van der Waals surface area (Å²) in [6.45, 7) is 0.415. The highest BCUT2D eigenvalue weighted by Gasteiger charge is 2.13. The molecule has 3 rings (SSSR count). The number of amides is 1. The van der Waals surface area contributed by atoms with Crippen LogP contribution in [0.1, 0.15) is 11.3 Å². The first-order valence-corrected chi connectivity index (χ1v) is 8.38. The first kappa shape index (κ1) is 16.5. The smallest absolute Gasteiger partial charge is 0.224 e. The maximum atomic E-state index is 12.4. The molecular formula is C19H17BrN2O2. The van der Waals surface area contributed by atoms with Crippen LogP contribution < -0.4 is 10.1 Å². The molecule has 0 fully saturated rings. The van der Waals surface area contributed by atoms with Gasteiger partial charge in [0.1, 0.15) is 5.75 Å². The minimum atomic E-state index is -0.0608. The fourth-order valence-electron chi connectivity index (χ4n) is 2.63. The Morgan fingerprint density at radius 1 is 1.21 bits per heavy atom. The molecule has 1 amide bonds. The lowest BCUT2D eigenvalue weighted by Gasteiger charge is -2.12. The van der Waals surface area contributed by atoms with E-state index in [4.69, 9.17) is 4.74 Å². The lowest BCUT2D eigenvalue weighted by molar-refractivity contribution is -0.120. The van der Waals surface area contributed by atoms with Crippen LogP contribution in [0.5, 0.6) is 5.75 Å². The molecule has 0 aliphatic carbocycles. The normalized spacial score (nSPS) is 10.6. The number of hydrogen-bond donors (Lipinski definition) is 1. The number of nitrogens with zero attached hydrogens (tertiary/aromatic N) is 1. The number of aromatic nitrogens is 1. The summed E-state index contributed by atoms with van der Waals surface area (Å²) in [6.07, 6.45) is 1.97. The van der Waals surface area contributed by atoms with Crippen LogP contribution in [0.3, 0.4) is 0 Å². The van der Waals surface area contributed by atoms with Crippen molar-refractivity contribution in [3.63, 3.8) is 0 Å². The van der Waals surface area contributed by atoms with Crippen LogP contribution in [0, 0.1) is 0 Å². The standard InChI is InChI=1S/C19H17BrN2O2/c1-24-18-8-5-13-10-14(20)6-7-16(13)17(18)11-19(23)22-12-15-4-2-3-9-21-15/h2-10H,11-12H2,1H3,(H,22,23). The molecule has 2 aromatic carbocycles. The van der Waals surface area contributed by atoms with E-state index in [1.54, 1.807) is 13.3 Å². The van der Waals surface area contributed by atoms with Crippen molar-refractivity contribution in [3.8, 4) is 5.75 Å². The molecule has 0 unspecified atom stereocenters. The Kier molecular flexibility index (Phi) is 5.11. The first-order chi connectivity index (χ1) is 11.7. The molecule has 0 bridgehead atoms. The minimum absolute atomic E-state index is 0.0608. The monoisotopic (exact) mass is 384 g/mol. The summed E-state index contributed by atoms with van der Waals surface area (Å²) < 4.78 is 6.45. The third kappa shape index (κ3) is 3.74. The topological polar surface area (TPSA) is 51.2 Å². The summed E-state index contributed by atoms with van der Waals surface area (Å²) in [5, 5.41) is 4.99. The third-order valence-electron chi connectivity index (χ3n) is 3.80. The van der Waals surface area contributed by atoms with Gasteiger partial charge in [0.25, 0.3) is 0 Å². The highest BCUT2D eigenvalue weighted by molar-refractivity contribution is 9.10. The van der Waals surface area contributed by atoms with E-state index in [1.807, 2.05) is 48.5 Å². The molecule has 3 aromatic rings. The van der Waals surface area contributed by atoms with Crippen molar-refractivity contribution in [2.45, 2.75) is 13.0 Å². The van der Waals surface area contributed by atoms with Gasteiger partial charge in [0.2, 0.25) is 5.91 Å². The Morgan fingerprint density at radius 3 is 2.83 bits per heavy atom. The average molecular weight is 385 g/mol. The van der Waals surface area contributed by atoms with Crippen molar-refractivity contribution in [1.29, 1.82) is 0 Å². The molecule has 0 spiro atoms. The molecule has 4 nitrogen and oxygen atoms in total. The van der Waals surface area contributed by atoms with Gasteiger partial charge in [0, 0.05) is 16.2 Å². The van der Waals surface area contributed by atoms with E-state index < -0.39 is 0 Å². The first-order valence-electron chi connectivity index (χ1n) is 7.59. The largest absolute Gasteiger partial charge is 0.496 e. The van der Waals surface area contributed by atoms with Gasteiger partial charge in [0.05, 0.1) is 25.8 Å². The predicted molar refractivity (Wildman–Crippen MR) is 98.0 cm³/mol. The maximum absolute atomic E-state index is 12.4. The summed E-state index contributed by atoms with van der Waals surface area (Å²) in [5.74, 6) is 0.659. The van der Waals surface area contributed by atoms with Crippen LogP contribution >= 0.6 is 15.9 Å². The fraction of sp³-hybridized carbons (Fsp3) is 0.158. The van der Waals surface area contributed by atoms with E-state index in [9.17, 15) is 4.79 Å². The van der Waals surface area contributed by atoms with Crippen molar-refractivity contribution >= 4 is 32.6 Å². The molecule has 0 radical (unpaired) electrons. The molecule has 0 saturated carbocycles. The van der Waals surface area contributed by atoms with Crippen LogP contribution in [0.4, 0.5) is 0 Å². The molecule has 0 saturated heterocycles. The number of carbonyl (C=O) groups is 1. The maximum Gasteiger partial charge on any atom is 0.224 e. The summed E-state index contributed by atoms with van der Waals surface area (Å²) >= 11 is 3.48. The lowest BCUT2D eigenvalue weighted by atomic mass is 10.0. The van der Waals surface area contributed by atoms with Gasteiger partial charge in [-0.1, -0.05) is 34.1 Å². The van der Waals surface area contributed by atoms with Crippen LogP contribution in [0.15, 0.2) is 59.2 Å². The van der Waals surface area contributed by atoms with Gasteiger partial charge in [-0.15, -0.1) is 0 Å². The number of pyridine rings is 1. The van der Waals surface area contributed by atoms with E-state index in [0.717, 1.165) is 32.3 Å². The number of methoxy groups -OCH3 is 1. The summed E-state index contributed by atoms with van der Waals surface area (Å²) in [4.78, 5) is 16.6. The molecule has 1 aromatic heterocycles. The van der Waals surface area contributed by atoms with Crippen LogP contribution in [-0.4, -0.2) is 18.0 Å². The molecule has 1 N–H and O–H groups in total. The van der Waals surface area contributed by atoms with E-state index in [2.05, 4.69) is 26.2 Å². The highest BCUT2D eigenvalue weighted by Crippen LogP contribution is 2.30. The van der Waals surface area contributed by atoms with Gasteiger partial charge in [-0.05, 0) is 41.1 Å². The van der Waals surface area contributed by atoms with Gasteiger partial charge in [-0.2, -0.15) is 0 Å². The zero-order valence-corrected chi connectivity index (χ0v) is 14.8. The SMILES string of the molecule is COc1ccc2cc(Br)ccc2c1CC(=O)NCc1ccccn1. The molecule has 5 heteroatoms. The molecule has 24 heavy (non-hydrogen) atoms. The number of carbonyl (C=O) groups excluding carboxylic acids is 1. The summed E-state index contributed by atoms with van der Waals surface area (Å²) in [5.41, 5.74) is 1.72. The van der Waals surface area contributed by atoms with Crippen molar-refractivity contribution in [2.75, 3.05) is 7.11 Å². The van der Waals surface area contributed by atoms with E-state index in [1.165, 1.54) is 0 Å². The molecule has 122 valence electrons. The minimum Gasteiger partial charge on any atom is -0.496 e. The number of fused-ring (bicyclic) bond motifs is 1. The van der Waals surface area contributed by atoms with Gasteiger partial charge < -0.3 is 10.1 Å². The van der Waals surface area contributed by atoms with Crippen LogP contribution in [-0.2, 0) is 17.8 Å². The Balaban J connectivity index is 1.81. The van der Waals surface area contributed by atoms with E-state index in [0.29, 0.717) is 6.54 Å². The quantitative estimate of drug-likeness (QED) is 0.726. The second-order valence-electron chi connectivity index (χ2n) is 5.39. The number of ether oxygens (including phenoxy) is 1. The summed E-state index contributed by atoms with van der Waals surface area (Å²) in [6, 6.07) is 15.5. The van der Waals surface area contributed by atoms with E-state index in [-0.39, 0.29) is 12.3 Å².